The fraction of sp³-hybridized carbons (Fsp3) is 0.208. The fourth-order valence-electron chi connectivity index (χ4n) is 3.30. The van der Waals surface area contributed by atoms with Crippen LogP contribution in [0.4, 0.5) is 5.69 Å². The number of rotatable bonds is 7. The quantitative estimate of drug-likeness (QED) is 0.337. The number of H-pyrrole nitrogens is 1. The number of hydrogen-bond donors (Lipinski definition) is 2. The van der Waals surface area contributed by atoms with E-state index < -0.39 is 17.7 Å². The maximum Gasteiger partial charge on any atom is 0.340 e. The van der Waals surface area contributed by atoms with Gasteiger partial charge in [0.2, 0.25) is 0 Å². The highest BCUT2D eigenvalue weighted by Crippen LogP contribution is 2.32. The van der Waals surface area contributed by atoms with Crippen LogP contribution < -0.4 is 10.1 Å². The number of aryl methyl sites for hydroxylation is 2. The maximum atomic E-state index is 13.1. The monoisotopic (exact) mass is 420 g/mol. The van der Waals surface area contributed by atoms with Crippen molar-refractivity contribution in [2.75, 3.05) is 19.0 Å². The minimum atomic E-state index is -0.852. The molecule has 7 heteroatoms. The molecule has 1 amide bonds. The van der Waals surface area contributed by atoms with Crippen LogP contribution in [-0.2, 0) is 9.53 Å². The van der Waals surface area contributed by atoms with Crippen LogP contribution in [0.1, 0.15) is 39.0 Å². The van der Waals surface area contributed by atoms with Crippen LogP contribution in [0.5, 0.6) is 5.75 Å². The van der Waals surface area contributed by atoms with Gasteiger partial charge in [-0.1, -0.05) is 42.0 Å². The molecule has 0 aliphatic rings. The summed E-state index contributed by atoms with van der Waals surface area (Å²) in [5.41, 5.74) is 3.07. The first-order valence-electron chi connectivity index (χ1n) is 9.82. The van der Waals surface area contributed by atoms with Gasteiger partial charge in [0.25, 0.3) is 11.7 Å². The van der Waals surface area contributed by atoms with Crippen molar-refractivity contribution in [3.63, 3.8) is 0 Å². The number of carbonyl (C=O) groups excluding carboxylic acids is 3. The van der Waals surface area contributed by atoms with Crippen LogP contribution in [0, 0.1) is 13.8 Å². The van der Waals surface area contributed by atoms with E-state index in [0.29, 0.717) is 28.3 Å². The van der Waals surface area contributed by atoms with Crippen molar-refractivity contribution in [2.24, 2.45) is 0 Å². The van der Waals surface area contributed by atoms with E-state index in [2.05, 4.69) is 10.3 Å². The third kappa shape index (κ3) is 4.50. The number of aromatic nitrogens is 1. The van der Waals surface area contributed by atoms with Crippen LogP contribution in [-0.4, -0.2) is 36.4 Å². The number of carbonyl (C=O) groups is 3. The van der Waals surface area contributed by atoms with Gasteiger partial charge in [0.05, 0.1) is 25.0 Å². The van der Waals surface area contributed by atoms with Crippen LogP contribution in [0.2, 0.25) is 0 Å². The van der Waals surface area contributed by atoms with Gasteiger partial charge in [-0.2, -0.15) is 0 Å². The molecule has 0 atom stereocenters. The predicted octanol–water partition coefficient (Wildman–Crippen LogP) is 4.31. The molecule has 0 bridgehead atoms. The second kappa shape index (κ2) is 9.30. The number of amides is 1. The van der Waals surface area contributed by atoms with Gasteiger partial charge in [0.1, 0.15) is 11.4 Å². The van der Waals surface area contributed by atoms with Crippen molar-refractivity contribution in [3.8, 4) is 16.9 Å². The molecule has 2 aromatic carbocycles. The van der Waals surface area contributed by atoms with Crippen molar-refractivity contribution in [2.45, 2.75) is 20.8 Å². The largest absolute Gasteiger partial charge is 0.495 e. The standard InChI is InChI=1S/C24H24N2O5/c1-5-31-24(29)19-15(3)25-21(20(19)16-12-10-14(2)11-13-16)22(27)23(28)26-17-8-6-7-9-18(17)30-4/h6-13,25H,5H2,1-4H3,(H,26,28). The molecule has 0 aliphatic heterocycles. The van der Waals surface area contributed by atoms with E-state index in [9.17, 15) is 14.4 Å². The lowest BCUT2D eigenvalue weighted by Gasteiger charge is -2.10. The molecular formula is C24H24N2O5. The lowest BCUT2D eigenvalue weighted by molar-refractivity contribution is -0.112. The summed E-state index contributed by atoms with van der Waals surface area (Å²) in [6.45, 7) is 5.50. The Labute approximate surface area is 180 Å². The van der Waals surface area contributed by atoms with Crippen LogP contribution in [0.15, 0.2) is 48.5 Å². The smallest absolute Gasteiger partial charge is 0.340 e. The Morgan fingerprint density at radius 3 is 2.32 bits per heavy atom. The average molecular weight is 420 g/mol. The SMILES string of the molecule is CCOC(=O)c1c(C)[nH]c(C(=O)C(=O)Nc2ccccc2OC)c1-c1ccc(C)cc1. The Kier molecular flexibility index (Phi) is 6.55. The summed E-state index contributed by atoms with van der Waals surface area (Å²) < 4.78 is 10.4. The summed E-state index contributed by atoms with van der Waals surface area (Å²) in [5.74, 6) is -1.79. The van der Waals surface area contributed by atoms with Gasteiger partial charge >= 0.3 is 5.97 Å². The fourth-order valence-corrected chi connectivity index (χ4v) is 3.30. The lowest BCUT2D eigenvalue weighted by Crippen LogP contribution is -2.24. The Morgan fingerprint density at radius 2 is 1.68 bits per heavy atom. The number of para-hydroxylation sites is 2. The minimum Gasteiger partial charge on any atom is -0.495 e. The Hall–Kier alpha value is -3.87. The van der Waals surface area contributed by atoms with Gasteiger partial charge in [0.15, 0.2) is 0 Å². The highest BCUT2D eigenvalue weighted by molar-refractivity contribution is 6.47. The molecule has 0 aliphatic carbocycles. The molecule has 0 unspecified atom stereocenters. The van der Waals surface area contributed by atoms with E-state index in [1.807, 2.05) is 19.1 Å². The molecule has 3 aromatic rings. The molecule has 2 N–H and O–H groups in total. The Balaban J connectivity index is 2.06. The summed E-state index contributed by atoms with van der Waals surface area (Å²) in [6, 6.07) is 14.1. The second-order valence-corrected chi connectivity index (χ2v) is 6.95. The first-order valence-corrected chi connectivity index (χ1v) is 9.82. The maximum absolute atomic E-state index is 13.1. The summed E-state index contributed by atoms with van der Waals surface area (Å²) in [6.07, 6.45) is 0. The molecule has 0 radical (unpaired) electrons. The number of Topliss-reactive ketones (excluding diaryl/α,β-unsaturated/α-hetero) is 1. The number of aromatic amines is 1. The summed E-state index contributed by atoms with van der Waals surface area (Å²) in [5, 5.41) is 2.58. The first kappa shape index (κ1) is 21.8. The van der Waals surface area contributed by atoms with E-state index in [1.165, 1.54) is 7.11 Å². The van der Waals surface area contributed by atoms with E-state index in [-0.39, 0.29) is 17.9 Å². The number of methoxy groups -OCH3 is 1. The zero-order valence-electron chi connectivity index (χ0n) is 17.9. The van der Waals surface area contributed by atoms with E-state index in [1.54, 1.807) is 50.2 Å². The third-order valence-corrected chi connectivity index (χ3v) is 4.80. The first-order chi connectivity index (χ1) is 14.9. The molecule has 1 heterocycles. The summed E-state index contributed by atoms with van der Waals surface area (Å²) in [4.78, 5) is 41.5. The molecule has 0 saturated carbocycles. The summed E-state index contributed by atoms with van der Waals surface area (Å²) in [7, 11) is 1.47. The number of ether oxygens (including phenoxy) is 2. The van der Waals surface area contributed by atoms with E-state index in [0.717, 1.165) is 5.56 Å². The van der Waals surface area contributed by atoms with Gasteiger partial charge in [-0.05, 0) is 38.5 Å². The zero-order chi connectivity index (χ0) is 22.5. The van der Waals surface area contributed by atoms with Crippen molar-refractivity contribution in [1.29, 1.82) is 0 Å². The number of anilines is 1. The second-order valence-electron chi connectivity index (χ2n) is 6.95. The highest BCUT2D eigenvalue weighted by Gasteiger charge is 2.30. The molecular weight excluding hydrogens is 396 g/mol. The summed E-state index contributed by atoms with van der Waals surface area (Å²) >= 11 is 0. The molecule has 0 saturated heterocycles. The number of hydrogen-bond acceptors (Lipinski definition) is 5. The number of nitrogens with one attached hydrogen (secondary N) is 2. The van der Waals surface area contributed by atoms with Crippen molar-refractivity contribution >= 4 is 23.3 Å². The van der Waals surface area contributed by atoms with Gasteiger partial charge in [0, 0.05) is 11.3 Å². The molecule has 160 valence electrons. The molecule has 3 rings (SSSR count). The number of ketones is 1. The van der Waals surface area contributed by atoms with Crippen LogP contribution in [0.25, 0.3) is 11.1 Å². The molecule has 0 spiro atoms. The van der Waals surface area contributed by atoms with Gasteiger partial charge < -0.3 is 19.8 Å². The number of benzene rings is 2. The van der Waals surface area contributed by atoms with Crippen molar-refractivity contribution in [1.82, 2.24) is 4.98 Å². The molecule has 7 nitrogen and oxygen atoms in total. The zero-order valence-corrected chi connectivity index (χ0v) is 17.9. The predicted molar refractivity (Wildman–Crippen MR) is 118 cm³/mol. The third-order valence-electron chi connectivity index (χ3n) is 4.80. The molecule has 0 fully saturated rings. The van der Waals surface area contributed by atoms with E-state index in [4.69, 9.17) is 9.47 Å². The Morgan fingerprint density at radius 1 is 1.00 bits per heavy atom. The van der Waals surface area contributed by atoms with Crippen molar-refractivity contribution < 1.29 is 23.9 Å². The van der Waals surface area contributed by atoms with E-state index >= 15 is 0 Å². The molecule has 1 aromatic heterocycles. The topological polar surface area (TPSA) is 97.5 Å². The van der Waals surface area contributed by atoms with Crippen molar-refractivity contribution in [3.05, 3.63) is 71.0 Å². The lowest BCUT2D eigenvalue weighted by atomic mass is 9.97. The van der Waals surface area contributed by atoms with Crippen LogP contribution in [0.3, 0.4) is 0 Å². The van der Waals surface area contributed by atoms with Gasteiger partial charge in [-0.3, -0.25) is 9.59 Å². The Bertz CT molecular complexity index is 1130. The highest BCUT2D eigenvalue weighted by atomic mass is 16.5. The van der Waals surface area contributed by atoms with Crippen LogP contribution >= 0.6 is 0 Å². The number of esters is 1. The molecule has 31 heavy (non-hydrogen) atoms. The average Bonchev–Trinajstić information content (AvgIpc) is 3.11. The normalized spacial score (nSPS) is 10.5. The van der Waals surface area contributed by atoms with Gasteiger partial charge in [-0.15, -0.1) is 0 Å². The van der Waals surface area contributed by atoms with Gasteiger partial charge in [-0.25, -0.2) is 4.79 Å². The minimum absolute atomic E-state index is 0.0248.